The van der Waals surface area contributed by atoms with E-state index in [0.29, 0.717) is 18.6 Å². The van der Waals surface area contributed by atoms with Crippen molar-refractivity contribution in [1.82, 2.24) is 10.3 Å². The summed E-state index contributed by atoms with van der Waals surface area (Å²) in [7, 11) is 0. The summed E-state index contributed by atoms with van der Waals surface area (Å²) in [5.74, 6) is -0.0575. The van der Waals surface area contributed by atoms with Crippen LogP contribution in [-0.2, 0) is 22.6 Å². The smallest absolute Gasteiger partial charge is 0.339 e. The Balaban J connectivity index is 1.38. The molecule has 1 aliphatic rings. The molecule has 1 aliphatic heterocycles. The van der Waals surface area contributed by atoms with Gasteiger partial charge < -0.3 is 14.8 Å². The number of esters is 1. The first kappa shape index (κ1) is 20.6. The third kappa shape index (κ3) is 4.58. The van der Waals surface area contributed by atoms with Crippen LogP contribution in [0.25, 0.3) is 0 Å². The highest BCUT2D eigenvalue weighted by Crippen LogP contribution is 2.29. The van der Waals surface area contributed by atoms with Crippen LogP contribution in [0.5, 0.6) is 5.75 Å². The van der Waals surface area contributed by atoms with Gasteiger partial charge in [0.1, 0.15) is 12.4 Å². The number of rotatable bonds is 6. The average molecular weight is 416 g/mol. The molecule has 0 fully saturated rings. The van der Waals surface area contributed by atoms with Gasteiger partial charge in [-0.05, 0) is 49.2 Å². The highest BCUT2D eigenvalue weighted by atomic mass is 16.6. The number of pyridine rings is 1. The average Bonchev–Trinajstić information content (AvgIpc) is 2.78. The van der Waals surface area contributed by atoms with Crippen molar-refractivity contribution in [2.75, 3.05) is 0 Å². The lowest BCUT2D eigenvalue weighted by Gasteiger charge is -2.34. The van der Waals surface area contributed by atoms with Crippen LogP contribution in [0.3, 0.4) is 0 Å². The van der Waals surface area contributed by atoms with Crippen LogP contribution in [0.15, 0.2) is 73.1 Å². The van der Waals surface area contributed by atoms with Gasteiger partial charge in [0, 0.05) is 24.4 Å². The minimum absolute atomic E-state index is 0.257. The monoisotopic (exact) mass is 416 g/mol. The molecule has 0 aliphatic carbocycles. The molecule has 4 rings (SSSR count). The van der Waals surface area contributed by atoms with E-state index in [2.05, 4.69) is 10.3 Å². The molecule has 1 amide bonds. The first-order valence-electron chi connectivity index (χ1n) is 10.2. The van der Waals surface area contributed by atoms with Gasteiger partial charge in [0.15, 0.2) is 5.60 Å². The van der Waals surface area contributed by atoms with E-state index in [1.165, 1.54) is 0 Å². The number of ether oxygens (including phenoxy) is 2. The van der Waals surface area contributed by atoms with Crippen molar-refractivity contribution in [3.63, 3.8) is 0 Å². The van der Waals surface area contributed by atoms with E-state index in [-0.39, 0.29) is 11.9 Å². The van der Waals surface area contributed by atoms with Crippen molar-refractivity contribution in [3.8, 4) is 5.75 Å². The molecule has 31 heavy (non-hydrogen) atoms. The summed E-state index contributed by atoms with van der Waals surface area (Å²) in [6.45, 7) is 3.98. The fourth-order valence-electron chi connectivity index (χ4n) is 3.59. The molecule has 1 N–H and O–H groups in total. The number of benzene rings is 2. The fraction of sp³-hybridized carbons (Fsp3) is 0.240. The normalized spacial score (nSPS) is 18.5. The number of carbonyl (C=O) groups excluding carboxylic acids is 2. The second-order valence-electron chi connectivity index (χ2n) is 7.87. The molecule has 0 radical (unpaired) electrons. The number of nitrogens with one attached hydrogen (secondary N) is 1. The number of hydrogen-bond donors (Lipinski definition) is 1. The van der Waals surface area contributed by atoms with Crippen molar-refractivity contribution in [2.24, 2.45) is 0 Å². The summed E-state index contributed by atoms with van der Waals surface area (Å²) in [6, 6.07) is 18.3. The predicted molar refractivity (Wildman–Crippen MR) is 116 cm³/mol. The van der Waals surface area contributed by atoms with Crippen LogP contribution in [0.1, 0.15) is 46.9 Å². The molecule has 6 heteroatoms. The van der Waals surface area contributed by atoms with Gasteiger partial charge in [0.2, 0.25) is 0 Å². The minimum atomic E-state index is -1.24. The number of fused-ring (bicyclic) bond motifs is 1. The van der Waals surface area contributed by atoms with Gasteiger partial charge in [-0.1, -0.05) is 36.4 Å². The van der Waals surface area contributed by atoms with Crippen LogP contribution in [-0.4, -0.2) is 22.5 Å². The summed E-state index contributed by atoms with van der Waals surface area (Å²) in [4.78, 5) is 29.4. The Kier molecular flexibility index (Phi) is 5.71. The van der Waals surface area contributed by atoms with Crippen molar-refractivity contribution >= 4 is 11.9 Å². The Morgan fingerprint density at radius 2 is 1.94 bits per heavy atom. The molecule has 0 spiro atoms. The van der Waals surface area contributed by atoms with Crippen molar-refractivity contribution < 1.29 is 19.1 Å². The highest BCUT2D eigenvalue weighted by molar-refractivity contribution is 5.97. The lowest BCUT2D eigenvalue weighted by atomic mass is 9.89. The first-order chi connectivity index (χ1) is 14.9. The zero-order valence-electron chi connectivity index (χ0n) is 17.5. The standard InChI is InChI=1S/C25H24N2O4/c1-17(19-9-11-21(12-10-19)30-16-18-6-5-13-26-15-18)27-24(29)25(2)14-20-7-3-4-8-22(20)23(28)31-25/h3-13,15,17H,14,16H2,1-2H3,(H,27,29). The molecule has 158 valence electrons. The summed E-state index contributed by atoms with van der Waals surface area (Å²) in [6.07, 6.45) is 3.83. The Labute approximate surface area is 181 Å². The molecule has 0 bridgehead atoms. The van der Waals surface area contributed by atoms with Crippen molar-refractivity contribution in [3.05, 3.63) is 95.3 Å². The molecule has 1 aromatic heterocycles. The molecule has 0 saturated heterocycles. The van der Waals surface area contributed by atoms with Gasteiger partial charge in [-0.25, -0.2) is 4.79 Å². The zero-order chi connectivity index (χ0) is 21.8. The van der Waals surface area contributed by atoms with Gasteiger partial charge >= 0.3 is 5.97 Å². The van der Waals surface area contributed by atoms with E-state index >= 15 is 0 Å². The molecule has 2 atom stereocenters. The van der Waals surface area contributed by atoms with Gasteiger partial charge in [-0.15, -0.1) is 0 Å². The summed E-state index contributed by atoms with van der Waals surface area (Å²) >= 11 is 0. The van der Waals surface area contributed by atoms with Crippen LogP contribution in [0.4, 0.5) is 0 Å². The topological polar surface area (TPSA) is 77.5 Å². The summed E-state index contributed by atoms with van der Waals surface area (Å²) < 4.78 is 11.3. The fourth-order valence-corrected chi connectivity index (χ4v) is 3.59. The Bertz CT molecular complexity index is 1080. The van der Waals surface area contributed by atoms with E-state index in [0.717, 1.165) is 22.4 Å². The summed E-state index contributed by atoms with van der Waals surface area (Å²) in [5, 5.41) is 2.97. The molecule has 2 heterocycles. The van der Waals surface area contributed by atoms with Crippen molar-refractivity contribution in [1.29, 1.82) is 0 Å². The largest absolute Gasteiger partial charge is 0.489 e. The van der Waals surface area contributed by atoms with Crippen LogP contribution >= 0.6 is 0 Å². The molecular formula is C25H24N2O4. The maximum absolute atomic E-state index is 13.0. The Morgan fingerprint density at radius 1 is 1.16 bits per heavy atom. The highest BCUT2D eigenvalue weighted by Gasteiger charge is 2.42. The van der Waals surface area contributed by atoms with Crippen molar-refractivity contribution in [2.45, 2.75) is 38.5 Å². The van der Waals surface area contributed by atoms with Crippen LogP contribution < -0.4 is 10.1 Å². The molecule has 2 unspecified atom stereocenters. The molecule has 0 saturated carbocycles. The van der Waals surface area contributed by atoms with E-state index in [4.69, 9.17) is 9.47 Å². The van der Waals surface area contributed by atoms with E-state index in [1.54, 1.807) is 31.5 Å². The quantitative estimate of drug-likeness (QED) is 0.615. The number of nitrogens with zero attached hydrogens (tertiary/aromatic N) is 1. The third-order valence-corrected chi connectivity index (χ3v) is 5.42. The second kappa shape index (κ2) is 8.60. The van der Waals surface area contributed by atoms with E-state index in [1.807, 2.05) is 55.5 Å². The van der Waals surface area contributed by atoms with E-state index < -0.39 is 11.6 Å². The number of aromatic nitrogens is 1. The van der Waals surface area contributed by atoms with Gasteiger partial charge in [0.25, 0.3) is 5.91 Å². The van der Waals surface area contributed by atoms with Gasteiger partial charge in [-0.2, -0.15) is 0 Å². The molecule has 3 aromatic rings. The lowest BCUT2D eigenvalue weighted by molar-refractivity contribution is -0.140. The van der Waals surface area contributed by atoms with Crippen LogP contribution in [0.2, 0.25) is 0 Å². The Morgan fingerprint density at radius 3 is 2.68 bits per heavy atom. The number of carbonyl (C=O) groups is 2. The maximum atomic E-state index is 13.0. The first-order valence-corrected chi connectivity index (χ1v) is 10.2. The van der Waals surface area contributed by atoms with Gasteiger partial charge in [-0.3, -0.25) is 9.78 Å². The summed E-state index contributed by atoms with van der Waals surface area (Å²) in [5.41, 5.74) is 2.01. The maximum Gasteiger partial charge on any atom is 0.339 e. The second-order valence-corrected chi connectivity index (χ2v) is 7.87. The Hall–Kier alpha value is -3.67. The third-order valence-electron chi connectivity index (χ3n) is 5.42. The van der Waals surface area contributed by atoms with Gasteiger partial charge in [0.05, 0.1) is 11.6 Å². The number of cyclic esters (lactones) is 1. The lowest BCUT2D eigenvalue weighted by Crippen LogP contribution is -2.52. The number of hydrogen-bond acceptors (Lipinski definition) is 5. The zero-order valence-corrected chi connectivity index (χ0v) is 17.5. The van der Waals surface area contributed by atoms with E-state index in [9.17, 15) is 9.59 Å². The minimum Gasteiger partial charge on any atom is -0.489 e. The molecule has 6 nitrogen and oxygen atoms in total. The molecular weight excluding hydrogens is 392 g/mol. The molecule has 2 aromatic carbocycles. The predicted octanol–water partition coefficient (Wildman–Crippen LogP) is 4.01. The SMILES string of the molecule is CC(NC(=O)C1(C)Cc2ccccc2C(=O)O1)c1ccc(OCc2cccnc2)cc1. The number of amides is 1. The van der Waals surface area contributed by atoms with Crippen LogP contribution in [0, 0.1) is 0 Å².